The minimum atomic E-state index is -3.51. The summed E-state index contributed by atoms with van der Waals surface area (Å²) in [6, 6.07) is 3.45. The Bertz CT molecular complexity index is 560. The van der Waals surface area contributed by atoms with Crippen LogP contribution in [0.3, 0.4) is 0 Å². The number of aryl methyl sites for hydroxylation is 2. The molecule has 0 aliphatic rings. The van der Waals surface area contributed by atoms with E-state index in [1.165, 1.54) is 0 Å². The molecule has 1 aromatic carbocycles. The molecule has 21 heavy (non-hydrogen) atoms. The number of nitrogens with two attached hydrogens (primary N) is 1. The van der Waals surface area contributed by atoms with Gasteiger partial charge in [-0.05, 0) is 49.9 Å². The van der Waals surface area contributed by atoms with E-state index in [2.05, 4.69) is 13.8 Å². The van der Waals surface area contributed by atoms with Crippen LogP contribution in [0.5, 0.6) is 0 Å². The number of unbranched alkanes of at least 4 members (excludes halogenated alkanes) is 2. The quantitative estimate of drug-likeness (QED) is 0.747. The van der Waals surface area contributed by atoms with Gasteiger partial charge in [-0.1, -0.05) is 26.7 Å². The van der Waals surface area contributed by atoms with Gasteiger partial charge in [-0.2, -0.15) is 4.31 Å². The third-order valence-electron chi connectivity index (χ3n) is 3.77. The third-order valence-corrected chi connectivity index (χ3v) is 5.72. The second kappa shape index (κ2) is 7.80. The van der Waals surface area contributed by atoms with E-state index in [-0.39, 0.29) is 4.90 Å². The molecule has 120 valence electrons. The topological polar surface area (TPSA) is 63.4 Å². The van der Waals surface area contributed by atoms with E-state index in [1.54, 1.807) is 16.4 Å². The zero-order valence-electron chi connectivity index (χ0n) is 13.6. The molecule has 0 saturated carbocycles. The molecule has 0 saturated heterocycles. The van der Waals surface area contributed by atoms with Crippen LogP contribution in [0.1, 0.15) is 50.7 Å². The number of anilines is 1. The van der Waals surface area contributed by atoms with Gasteiger partial charge in [-0.25, -0.2) is 8.42 Å². The SMILES string of the molecule is CCCCN(CCCC)S(=O)(=O)c1cc(C)c(C)cc1N. The van der Waals surface area contributed by atoms with Crippen molar-refractivity contribution >= 4 is 15.7 Å². The third kappa shape index (κ3) is 4.45. The molecule has 0 aromatic heterocycles. The van der Waals surface area contributed by atoms with Gasteiger partial charge in [0.05, 0.1) is 5.69 Å². The maximum atomic E-state index is 12.9. The van der Waals surface area contributed by atoms with Crippen LogP contribution in [0.15, 0.2) is 17.0 Å². The van der Waals surface area contributed by atoms with Gasteiger partial charge in [0.15, 0.2) is 0 Å². The largest absolute Gasteiger partial charge is 0.398 e. The summed E-state index contributed by atoms with van der Waals surface area (Å²) in [4.78, 5) is 0.248. The lowest BCUT2D eigenvalue weighted by atomic mass is 10.1. The van der Waals surface area contributed by atoms with Crippen molar-refractivity contribution in [3.05, 3.63) is 23.3 Å². The fourth-order valence-corrected chi connectivity index (χ4v) is 3.90. The van der Waals surface area contributed by atoms with E-state index < -0.39 is 10.0 Å². The summed E-state index contributed by atoms with van der Waals surface area (Å²) in [5.74, 6) is 0. The highest BCUT2D eigenvalue weighted by molar-refractivity contribution is 7.89. The van der Waals surface area contributed by atoms with Crippen LogP contribution in [0.2, 0.25) is 0 Å². The van der Waals surface area contributed by atoms with E-state index >= 15 is 0 Å². The Kier molecular flexibility index (Phi) is 6.68. The van der Waals surface area contributed by atoms with Crippen molar-refractivity contribution in [2.75, 3.05) is 18.8 Å². The van der Waals surface area contributed by atoms with Gasteiger partial charge in [0.25, 0.3) is 0 Å². The van der Waals surface area contributed by atoms with Crippen LogP contribution in [0.25, 0.3) is 0 Å². The predicted molar refractivity (Wildman–Crippen MR) is 88.9 cm³/mol. The Morgan fingerprint density at radius 2 is 1.48 bits per heavy atom. The molecular formula is C16H28N2O2S. The maximum absolute atomic E-state index is 12.9. The average Bonchev–Trinajstić information content (AvgIpc) is 2.42. The van der Waals surface area contributed by atoms with Crippen LogP contribution in [-0.2, 0) is 10.0 Å². The Labute approximate surface area is 129 Å². The Hall–Kier alpha value is -1.07. The molecule has 0 unspecified atom stereocenters. The van der Waals surface area contributed by atoms with Crippen molar-refractivity contribution < 1.29 is 8.42 Å². The van der Waals surface area contributed by atoms with Crippen molar-refractivity contribution in [1.29, 1.82) is 0 Å². The summed E-state index contributed by atoms with van der Waals surface area (Å²) in [5, 5.41) is 0. The van der Waals surface area contributed by atoms with Crippen molar-refractivity contribution in [3.8, 4) is 0 Å². The first kappa shape index (κ1) is 18.0. The lowest BCUT2D eigenvalue weighted by molar-refractivity contribution is 0.395. The van der Waals surface area contributed by atoms with E-state index in [0.717, 1.165) is 36.8 Å². The van der Waals surface area contributed by atoms with Crippen molar-refractivity contribution in [3.63, 3.8) is 0 Å². The fourth-order valence-electron chi connectivity index (χ4n) is 2.20. The van der Waals surface area contributed by atoms with Crippen LogP contribution < -0.4 is 5.73 Å². The Balaban J connectivity index is 3.18. The van der Waals surface area contributed by atoms with Crippen molar-refractivity contribution in [2.24, 2.45) is 0 Å². The van der Waals surface area contributed by atoms with E-state index in [1.807, 2.05) is 13.8 Å². The van der Waals surface area contributed by atoms with Crippen molar-refractivity contribution in [2.45, 2.75) is 58.3 Å². The lowest BCUT2D eigenvalue weighted by Gasteiger charge is -2.23. The first-order chi connectivity index (χ1) is 9.84. The normalized spacial score (nSPS) is 12.0. The zero-order chi connectivity index (χ0) is 16.0. The number of sulfonamides is 1. The molecule has 0 heterocycles. The molecule has 0 amide bonds. The zero-order valence-corrected chi connectivity index (χ0v) is 14.5. The Morgan fingerprint density at radius 3 is 1.95 bits per heavy atom. The first-order valence-corrected chi connectivity index (χ1v) is 9.15. The minimum absolute atomic E-state index is 0.248. The minimum Gasteiger partial charge on any atom is -0.398 e. The highest BCUT2D eigenvalue weighted by atomic mass is 32.2. The highest BCUT2D eigenvalue weighted by Gasteiger charge is 2.26. The second-order valence-corrected chi connectivity index (χ2v) is 7.49. The van der Waals surface area contributed by atoms with E-state index in [9.17, 15) is 8.42 Å². The predicted octanol–water partition coefficient (Wildman–Crippen LogP) is 3.48. The summed E-state index contributed by atoms with van der Waals surface area (Å²) in [6.45, 7) is 9.10. The number of hydrogen-bond donors (Lipinski definition) is 1. The number of nitrogens with zero attached hydrogens (tertiary/aromatic N) is 1. The molecule has 0 aliphatic heterocycles. The average molecular weight is 312 g/mol. The molecule has 1 aromatic rings. The lowest BCUT2D eigenvalue weighted by Crippen LogP contribution is -2.33. The number of benzene rings is 1. The van der Waals surface area contributed by atoms with Gasteiger partial charge in [0.2, 0.25) is 10.0 Å². The molecule has 0 atom stereocenters. The Morgan fingerprint density at radius 1 is 1.00 bits per heavy atom. The maximum Gasteiger partial charge on any atom is 0.245 e. The fraction of sp³-hybridized carbons (Fsp3) is 0.625. The van der Waals surface area contributed by atoms with Crippen LogP contribution >= 0.6 is 0 Å². The van der Waals surface area contributed by atoms with Gasteiger partial charge < -0.3 is 5.73 Å². The molecule has 5 heteroatoms. The summed E-state index contributed by atoms with van der Waals surface area (Å²) < 4.78 is 27.3. The van der Waals surface area contributed by atoms with Gasteiger partial charge >= 0.3 is 0 Å². The summed E-state index contributed by atoms with van der Waals surface area (Å²) >= 11 is 0. The molecule has 0 fully saturated rings. The summed E-state index contributed by atoms with van der Waals surface area (Å²) in [5.41, 5.74) is 8.28. The van der Waals surface area contributed by atoms with Gasteiger partial charge in [0.1, 0.15) is 4.90 Å². The summed E-state index contributed by atoms with van der Waals surface area (Å²) in [7, 11) is -3.51. The van der Waals surface area contributed by atoms with Crippen molar-refractivity contribution in [1.82, 2.24) is 4.31 Å². The monoisotopic (exact) mass is 312 g/mol. The number of rotatable bonds is 8. The molecule has 0 spiro atoms. The molecule has 0 bridgehead atoms. The van der Waals surface area contributed by atoms with Gasteiger partial charge in [-0.15, -0.1) is 0 Å². The van der Waals surface area contributed by atoms with Crippen LogP contribution in [0.4, 0.5) is 5.69 Å². The number of hydrogen-bond acceptors (Lipinski definition) is 3. The smallest absolute Gasteiger partial charge is 0.245 e. The second-order valence-electron chi connectivity index (χ2n) is 5.59. The molecule has 0 aliphatic carbocycles. The molecule has 4 nitrogen and oxygen atoms in total. The van der Waals surface area contributed by atoms with Crippen LogP contribution in [-0.4, -0.2) is 25.8 Å². The molecule has 0 radical (unpaired) electrons. The highest BCUT2D eigenvalue weighted by Crippen LogP contribution is 2.26. The van der Waals surface area contributed by atoms with Gasteiger partial charge in [0, 0.05) is 13.1 Å². The van der Waals surface area contributed by atoms with Gasteiger partial charge in [-0.3, -0.25) is 0 Å². The first-order valence-electron chi connectivity index (χ1n) is 7.71. The summed E-state index contributed by atoms with van der Waals surface area (Å²) in [6.07, 6.45) is 3.68. The standard InChI is InChI=1S/C16H28N2O2S/c1-5-7-9-18(10-8-6-2)21(19,20)16-12-14(4)13(3)11-15(16)17/h11-12H,5-10,17H2,1-4H3. The number of nitrogen functional groups attached to an aromatic ring is 1. The molecule has 2 N–H and O–H groups in total. The molecule has 1 rings (SSSR count). The van der Waals surface area contributed by atoms with E-state index in [4.69, 9.17) is 5.73 Å². The van der Waals surface area contributed by atoms with E-state index in [0.29, 0.717) is 18.8 Å². The molecular weight excluding hydrogens is 284 g/mol. The van der Waals surface area contributed by atoms with Crippen LogP contribution in [0, 0.1) is 13.8 Å².